The molecule has 1 aromatic rings. The molecule has 1 aliphatic heterocycles. The standard InChI is InChI=1S/C13H17F2NS/c1-8-5-12(15)10(6-11(8)14)13-7-17-9(2)3-4-16-13/h5-6,9,13,16H,3-4,7H2,1-2H3. The maximum atomic E-state index is 13.8. The Balaban J connectivity index is 2.24. The summed E-state index contributed by atoms with van der Waals surface area (Å²) in [6.45, 7) is 4.61. The molecule has 0 spiro atoms. The Labute approximate surface area is 105 Å². The van der Waals surface area contributed by atoms with E-state index in [0.29, 0.717) is 16.4 Å². The Kier molecular flexibility index (Phi) is 4.05. The fourth-order valence-corrected chi connectivity index (χ4v) is 3.09. The molecule has 0 aliphatic carbocycles. The number of hydrogen-bond donors (Lipinski definition) is 1. The highest BCUT2D eigenvalue weighted by atomic mass is 32.2. The third-order valence-corrected chi connectivity index (χ3v) is 4.47. The lowest BCUT2D eigenvalue weighted by Gasteiger charge is -2.17. The smallest absolute Gasteiger partial charge is 0.128 e. The number of benzene rings is 1. The van der Waals surface area contributed by atoms with Gasteiger partial charge in [-0.15, -0.1) is 0 Å². The zero-order valence-corrected chi connectivity index (χ0v) is 10.9. The third-order valence-electron chi connectivity index (χ3n) is 3.14. The van der Waals surface area contributed by atoms with E-state index in [9.17, 15) is 8.78 Å². The number of thioether (sulfide) groups is 1. The van der Waals surface area contributed by atoms with Gasteiger partial charge in [-0.2, -0.15) is 11.8 Å². The van der Waals surface area contributed by atoms with Gasteiger partial charge < -0.3 is 5.32 Å². The zero-order chi connectivity index (χ0) is 12.4. The predicted octanol–water partition coefficient (Wildman–Crippen LogP) is 3.43. The molecule has 0 radical (unpaired) electrons. The van der Waals surface area contributed by atoms with Gasteiger partial charge in [-0.05, 0) is 37.6 Å². The molecule has 0 saturated carbocycles. The van der Waals surface area contributed by atoms with Gasteiger partial charge >= 0.3 is 0 Å². The van der Waals surface area contributed by atoms with Crippen molar-refractivity contribution in [1.82, 2.24) is 5.32 Å². The Morgan fingerprint density at radius 1 is 1.29 bits per heavy atom. The van der Waals surface area contributed by atoms with Gasteiger partial charge in [0.1, 0.15) is 11.6 Å². The number of hydrogen-bond acceptors (Lipinski definition) is 2. The van der Waals surface area contributed by atoms with E-state index in [-0.39, 0.29) is 17.7 Å². The van der Waals surface area contributed by atoms with Gasteiger partial charge in [0.25, 0.3) is 0 Å². The maximum absolute atomic E-state index is 13.8. The van der Waals surface area contributed by atoms with E-state index in [4.69, 9.17) is 0 Å². The fraction of sp³-hybridized carbons (Fsp3) is 0.538. The van der Waals surface area contributed by atoms with Crippen LogP contribution in [0.3, 0.4) is 0 Å². The topological polar surface area (TPSA) is 12.0 Å². The Morgan fingerprint density at radius 3 is 2.82 bits per heavy atom. The molecule has 1 aromatic carbocycles. The highest BCUT2D eigenvalue weighted by molar-refractivity contribution is 7.99. The second-order valence-electron chi connectivity index (χ2n) is 4.56. The Bertz CT molecular complexity index is 409. The molecule has 0 bridgehead atoms. The summed E-state index contributed by atoms with van der Waals surface area (Å²) in [5.41, 5.74) is 0.815. The van der Waals surface area contributed by atoms with E-state index in [1.165, 1.54) is 12.1 Å². The normalized spacial score (nSPS) is 25.6. The van der Waals surface area contributed by atoms with E-state index in [1.807, 2.05) is 11.8 Å². The van der Waals surface area contributed by atoms with Crippen LogP contribution in [0.5, 0.6) is 0 Å². The van der Waals surface area contributed by atoms with Crippen LogP contribution in [0, 0.1) is 18.6 Å². The predicted molar refractivity (Wildman–Crippen MR) is 68.4 cm³/mol. The van der Waals surface area contributed by atoms with Crippen molar-refractivity contribution < 1.29 is 8.78 Å². The molecule has 1 heterocycles. The second kappa shape index (κ2) is 5.36. The molecule has 1 nitrogen and oxygen atoms in total. The Morgan fingerprint density at radius 2 is 2.06 bits per heavy atom. The first-order valence-electron chi connectivity index (χ1n) is 5.88. The number of rotatable bonds is 1. The van der Waals surface area contributed by atoms with Crippen molar-refractivity contribution in [3.05, 3.63) is 34.9 Å². The van der Waals surface area contributed by atoms with E-state index in [0.717, 1.165) is 18.7 Å². The zero-order valence-electron chi connectivity index (χ0n) is 10.1. The van der Waals surface area contributed by atoms with Crippen LogP contribution in [0.4, 0.5) is 8.78 Å². The molecular formula is C13H17F2NS. The van der Waals surface area contributed by atoms with E-state index in [2.05, 4.69) is 12.2 Å². The van der Waals surface area contributed by atoms with E-state index >= 15 is 0 Å². The molecule has 0 aromatic heterocycles. The van der Waals surface area contributed by atoms with Gasteiger partial charge in [-0.3, -0.25) is 0 Å². The molecule has 94 valence electrons. The highest BCUT2D eigenvalue weighted by Gasteiger charge is 2.21. The second-order valence-corrected chi connectivity index (χ2v) is 6.03. The van der Waals surface area contributed by atoms with Crippen molar-refractivity contribution in [2.75, 3.05) is 12.3 Å². The Hall–Kier alpha value is -0.610. The fourth-order valence-electron chi connectivity index (χ4n) is 1.99. The van der Waals surface area contributed by atoms with Crippen LogP contribution in [0.25, 0.3) is 0 Å². The van der Waals surface area contributed by atoms with Crippen molar-refractivity contribution in [2.45, 2.75) is 31.6 Å². The van der Waals surface area contributed by atoms with E-state index < -0.39 is 0 Å². The van der Waals surface area contributed by atoms with Crippen LogP contribution in [0.15, 0.2) is 12.1 Å². The minimum Gasteiger partial charge on any atom is -0.309 e. The molecule has 1 fully saturated rings. The van der Waals surface area contributed by atoms with Gasteiger partial charge in [0, 0.05) is 22.6 Å². The highest BCUT2D eigenvalue weighted by Crippen LogP contribution is 2.28. The van der Waals surface area contributed by atoms with Crippen LogP contribution >= 0.6 is 11.8 Å². The van der Waals surface area contributed by atoms with Gasteiger partial charge in [0.05, 0.1) is 0 Å². The van der Waals surface area contributed by atoms with Crippen molar-refractivity contribution in [1.29, 1.82) is 0 Å². The number of halogens is 2. The summed E-state index contributed by atoms with van der Waals surface area (Å²) in [5, 5.41) is 3.86. The van der Waals surface area contributed by atoms with Crippen LogP contribution < -0.4 is 5.32 Å². The van der Waals surface area contributed by atoms with Crippen molar-refractivity contribution in [3.8, 4) is 0 Å². The summed E-state index contributed by atoms with van der Waals surface area (Å²) in [4.78, 5) is 0. The lowest BCUT2D eigenvalue weighted by molar-refractivity contribution is 0.522. The number of nitrogens with one attached hydrogen (secondary N) is 1. The minimum absolute atomic E-state index is 0.0833. The third kappa shape index (κ3) is 2.99. The van der Waals surface area contributed by atoms with Gasteiger partial charge in [-0.25, -0.2) is 8.78 Å². The first-order chi connectivity index (χ1) is 8.08. The summed E-state index contributed by atoms with van der Waals surface area (Å²) >= 11 is 1.81. The summed E-state index contributed by atoms with van der Waals surface area (Å²) in [6, 6.07) is 2.53. The van der Waals surface area contributed by atoms with Crippen LogP contribution in [-0.2, 0) is 0 Å². The molecule has 2 rings (SSSR count). The monoisotopic (exact) mass is 257 g/mol. The summed E-state index contributed by atoms with van der Waals surface area (Å²) < 4.78 is 27.3. The molecule has 0 amide bonds. The van der Waals surface area contributed by atoms with Crippen LogP contribution in [-0.4, -0.2) is 17.5 Å². The molecule has 1 saturated heterocycles. The average molecular weight is 257 g/mol. The molecular weight excluding hydrogens is 240 g/mol. The van der Waals surface area contributed by atoms with Crippen molar-refractivity contribution in [2.24, 2.45) is 0 Å². The largest absolute Gasteiger partial charge is 0.309 e. The summed E-state index contributed by atoms with van der Waals surface area (Å²) in [6.07, 6.45) is 1.07. The van der Waals surface area contributed by atoms with Crippen LogP contribution in [0.2, 0.25) is 0 Å². The maximum Gasteiger partial charge on any atom is 0.128 e. The van der Waals surface area contributed by atoms with Crippen molar-refractivity contribution >= 4 is 11.8 Å². The molecule has 4 heteroatoms. The first kappa shape index (κ1) is 12.8. The first-order valence-corrected chi connectivity index (χ1v) is 6.93. The molecule has 17 heavy (non-hydrogen) atoms. The van der Waals surface area contributed by atoms with E-state index in [1.54, 1.807) is 6.92 Å². The summed E-state index contributed by atoms with van der Waals surface area (Å²) in [7, 11) is 0. The van der Waals surface area contributed by atoms with Gasteiger partial charge in [0.15, 0.2) is 0 Å². The minimum atomic E-state index is -0.328. The summed E-state index contributed by atoms with van der Waals surface area (Å²) in [5.74, 6) is 0.155. The molecule has 1 N–H and O–H groups in total. The molecule has 2 atom stereocenters. The molecule has 2 unspecified atom stereocenters. The SMILES string of the molecule is Cc1cc(F)c(C2CSC(C)CCN2)cc1F. The average Bonchev–Trinajstić information content (AvgIpc) is 2.49. The lowest BCUT2D eigenvalue weighted by atomic mass is 10.0. The lowest BCUT2D eigenvalue weighted by Crippen LogP contribution is -2.23. The van der Waals surface area contributed by atoms with Crippen molar-refractivity contribution in [3.63, 3.8) is 0 Å². The number of aryl methyl sites for hydroxylation is 1. The van der Waals surface area contributed by atoms with Gasteiger partial charge in [-0.1, -0.05) is 6.92 Å². The molecule has 1 aliphatic rings. The van der Waals surface area contributed by atoms with Crippen LogP contribution in [0.1, 0.15) is 30.5 Å². The quantitative estimate of drug-likeness (QED) is 0.827. The van der Waals surface area contributed by atoms with Gasteiger partial charge in [0.2, 0.25) is 0 Å².